The summed E-state index contributed by atoms with van der Waals surface area (Å²) >= 11 is 0. The zero-order valence-corrected chi connectivity index (χ0v) is 23.4. The van der Waals surface area contributed by atoms with Gasteiger partial charge in [-0.3, -0.25) is 10.3 Å². The van der Waals surface area contributed by atoms with Crippen LogP contribution >= 0.6 is 0 Å². The summed E-state index contributed by atoms with van der Waals surface area (Å²) in [7, 11) is 0. The summed E-state index contributed by atoms with van der Waals surface area (Å²) in [6, 6.07) is 7.47. The number of hydrogen-bond acceptors (Lipinski definition) is 6. The second-order valence-corrected chi connectivity index (χ2v) is 11.4. The van der Waals surface area contributed by atoms with E-state index < -0.39 is 23.8 Å². The van der Waals surface area contributed by atoms with Crippen LogP contribution in [-0.2, 0) is 14.3 Å². The third kappa shape index (κ3) is 7.01. The van der Waals surface area contributed by atoms with Crippen LogP contribution in [0.1, 0.15) is 77.4 Å². The lowest BCUT2D eigenvalue weighted by Gasteiger charge is -2.41. The summed E-state index contributed by atoms with van der Waals surface area (Å²) < 4.78 is 11.1. The van der Waals surface area contributed by atoms with Gasteiger partial charge in [0.05, 0.1) is 17.9 Å². The van der Waals surface area contributed by atoms with E-state index in [0.717, 1.165) is 48.4 Å². The molecule has 1 saturated heterocycles. The summed E-state index contributed by atoms with van der Waals surface area (Å²) in [5.74, 6) is -1.04. The van der Waals surface area contributed by atoms with Gasteiger partial charge in [-0.25, -0.2) is 9.59 Å². The van der Waals surface area contributed by atoms with E-state index in [4.69, 9.17) is 14.5 Å². The number of ether oxygens (including phenoxy) is 2. The maximum absolute atomic E-state index is 12.6. The number of nitrogens with zero attached hydrogens (tertiary/aromatic N) is 2. The molecule has 1 aromatic heterocycles. The molecule has 1 aliphatic heterocycles. The first kappa shape index (κ1) is 28.4. The highest BCUT2D eigenvalue weighted by Crippen LogP contribution is 2.44. The van der Waals surface area contributed by atoms with E-state index >= 15 is 0 Å². The minimum absolute atomic E-state index is 0.225. The van der Waals surface area contributed by atoms with Crippen LogP contribution in [-0.4, -0.2) is 47.5 Å². The summed E-state index contributed by atoms with van der Waals surface area (Å²) in [5, 5.41) is 13.0. The van der Waals surface area contributed by atoms with Crippen LogP contribution in [0, 0.1) is 19.3 Å². The van der Waals surface area contributed by atoms with Gasteiger partial charge in [0.25, 0.3) is 0 Å². The van der Waals surface area contributed by atoms with Gasteiger partial charge in [0.1, 0.15) is 0 Å². The Labute approximate surface area is 220 Å². The minimum atomic E-state index is -1.17. The number of hydrogen-bond donors (Lipinski definition) is 2. The van der Waals surface area contributed by atoms with E-state index in [9.17, 15) is 14.7 Å². The fraction of sp³-hybridized carbons (Fsp3) is 0.552. The number of anilines is 2. The summed E-state index contributed by atoms with van der Waals surface area (Å²) in [5.41, 5.74) is 4.86. The number of carbonyl (C=O) groups is 2. The second-order valence-electron chi connectivity index (χ2n) is 11.4. The van der Waals surface area contributed by atoms with Crippen molar-refractivity contribution in [1.82, 2.24) is 4.98 Å². The fourth-order valence-electron chi connectivity index (χ4n) is 4.76. The number of piperidine rings is 1. The Morgan fingerprint density at radius 3 is 2.22 bits per heavy atom. The Morgan fingerprint density at radius 2 is 1.70 bits per heavy atom. The number of carboxylic acid groups (broad SMARTS) is 1. The number of benzene rings is 1. The quantitative estimate of drug-likeness (QED) is 0.437. The number of carbonyl (C=O) groups excluding carboxylic acids is 1. The number of pyridine rings is 1. The first-order valence-electron chi connectivity index (χ1n) is 12.9. The van der Waals surface area contributed by atoms with E-state index in [1.165, 1.54) is 0 Å². The first-order chi connectivity index (χ1) is 17.2. The van der Waals surface area contributed by atoms with Crippen molar-refractivity contribution in [3.63, 3.8) is 0 Å². The normalized spacial score (nSPS) is 16.3. The smallest absolute Gasteiger partial charge is 0.411 e. The van der Waals surface area contributed by atoms with Gasteiger partial charge in [-0.2, -0.15) is 0 Å². The van der Waals surface area contributed by atoms with E-state index in [-0.39, 0.29) is 12.0 Å². The van der Waals surface area contributed by atoms with Crippen molar-refractivity contribution in [3.05, 3.63) is 41.2 Å². The predicted molar refractivity (Wildman–Crippen MR) is 146 cm³/mol. The molecule has 0 unspecified atom stereocenters. The van der Waals surface area contributed by atoms with Gasteiger partial charge in [0.2, 0.25) is 0 Å². The average Bonchev–Trinajstić information content (AvgIpc) is 2.78. The highest BCUT2D eigenvalue weighted by atomic mass is 16.5. The summed E-state index contributed by atoms with van der Waals surface area (Å²) in [6.45, 7) is 17.6. The van der Waals surface area contributed by atoms with Crippen LogP contribution in [0.4, 0.5) is 16.2 Å². The Morgan fingerprint density at radius 1 is 1.11 bits per heavy atom. The van der Waals surface area contributed by atoms with Crippen molar-refractivity contribution in [2.45, 2.75) is 79.9 Å². The fourth-order valence-corrected chi connectivity index (χ4v) is 4.76. The molecule has 0 spiro atoms. The molecule has 1 fully saturated rings. The lowest BCUT2D eigenvalue weighted by Crippen LogP contribution is -2.39. The standard InChI is InChI=1S/C29H41N3O5/c1-9-36-27(35)31-21-12-10-20(11-13-21)22-18(2)30-19(3)23(25(26(33)34)37-28(4,5)6)24(22)32-16-14-29(7,8)15-17-32/h10-13,25H,9,14-17H2,1-8H3,(H,31,35)(H,33,34)/t25-/m0/s1. The van der Waals surface area contributed by atoms with E-state index in [2.05, 4.69) is 24.1 Å². The van der Waals surface area contributed by atoms with E-state index in [0.29, 0.717) is 16.9 Å². The molecular weight excluding hydrogens is 470 g/mol. The van der Waals surface area contributed by atoms with Crippen molar-refractivity contribution < 1.29 is 24.2 Å². The Bertz CT molecular complexity index is 1130. The lowest BCUT2D eigenvalue weighted by atomic mass is 9.82. The molecule has 2 N–H and O–H groups in total. The van der Waals surface area contributed by atoms with Gasteiger partial charge in [-0.15, -0.1) is 0 Å². The zero-order valence-electron chi connectivity index (χ0n) is 23.4. The molecular formula is C29H41N3O5. The monoisotopic (exact) mass is 511 g/mol. The predicted octanol–water partition coefficient (Wildman–Crippen LogP) is 6.50. The first-order valence-corrected chi connectivity index (χ1v) is 12.9. The number of aliphatic carboxylic acids is 1. The van der Waals surface area contributed by atoms with Crippen LogP contribution in [0.3, 0.4) is 0 Å². The van der Waals surface area contributed by atoms with Crippen molar-refractivity contribution in [3.8, 4) is 11.1 Å². The topological polar surface area (TPSA) is 101 Å². The summed E-state index contributed by atoms with van der Waals surface area (Å²) in [6.07, 6.45) is 0.312. The number of carboxylic acids is 1. The molecule has 0 aliphatic carbocycles. The SMILES string of the molecule is CCOC(=O)Nc1ccc(-c2c(C)nc(C)c([C@H](OC(C)(C)C)C(=O)O)c2N2CCC(C)(C)CC2)cc1. The number of nitrogens with one attached hydrogen (secondary N) is 1. The van der Waals surface area contributed by atoms with Crippen molar-refractivity contribution in [2.75, 3.05) is 29.9 Å². The minimum Gasteiger partial charge on any atom is -0.479 e. The largest absolute Gasteiger partial charge is 0.479 e. The van der Waals surface area contributed by atoms with Crippen LogP contribution in [0.25, 0.3) is 11.1 Å². The Balaban J connectivity index is 2.19. The molecule has 8 heteroatoms. The lowest BCUT2D eigenvalue weighted by molar-refractivity contribution is -0.160. The van der Waals surface area contributed by atoms with Gasteiger partial charge in [-0.05, 0) is 77.5 Å². The second kappa shape index (κ2) is 11.1. The molecule has 1 amide bonds. The van der Waals surface area contributed by atoms with Gasteiger partial charge in [0, 0.05) is 41.3 Å². The van der Waals surface area contributed by atoms with Crippen LogP contribution in [0.5, 0.6) is 0 Å². The molecule has 2 heterocycles. The van der Waals surface area contributed by atoms with E-state index in [1.807, 2.05) is 58.9 Å². The molecule has 1 aliphatic rings. The molecule has 1 atom stereocenters. The highest BCUT2D eigenvalue weighted by molar-refractivity contribution is 5.89. The molecule has 0 radical (unpaired) electrons. The molecule has 8 nitrogen and oxygen atoms in total. The van der Waals surface area contributed by atoms with Crippen LogP contribution in [0.15, 0.2) is 24.3 Å². The number of amides is 1. The van der Waals surface area contributed by atoms with Crippen molar-refractivity contribution in [2.24, 2.45) is 5.41 Å². The third-order valence-corrected chi connectivity index (χ3v) is 6.67. The Hall–Kier alpha value is -3.13. The van der Waals surface area contributed by atoms with Gasteiger partial charge >= 0.3 is 12.1 Å². The average molecular weight is 512 g/mol. The molecule has 202 valence electrons. The van der Waals surface area contributed by atoms with Crippen LogP contribution in [0.2, 0.25) is 0 Å². The molecule has 3 rings (SSSR count). The number of rotatable bonds is 7. The Kier molecular flexibility index (Phi) is 8.52. The number of aromatic nitrogens is 1. The van der Waals surface area contributed by atoms with Gasteiger partial charge in [-0.1, -0.05) is 26.0 Å². The molecule has 2 aromatic rings. The third-order valence-electron chi connectivity index (χ3n) is 6.67. The molecule has 1 aromatic carbocycles. The molecule has 0 saturated carbocycles. The van der Waals surface area contributed by atoms with Gasteiger partial charge in [0.15, 0.2) is 6.10 Å². The maximum atomic E-state index is 12.6. The van der Waals surface area contributed by atoms with Crippen molar-refractivity contribution in [1.29, 1.82) is 0 Å². The highest BCUT2D eigenvalue weighted by Gasteiger charge is 2.36. The summed E-state index contributed by atoms with van der Waals surface area (Å²) in [4.78, 5) is 31.5. The zero-order chi connectivity index (χ0) is 27.5. The maximum Gasteiger partial charge on any atom is 0.411 e. The van der Waals surface area contributed by atoms with E-state index in [1.54, 1.807) is 6.92 Å². The molecule has 37 heavy (non-hydrogen) atoms. The molecule has 0 bridgehead atoms. The van der Waals surface area contributed by atoms with Gasteiger partial charge < -0.3 is 19.5 Å². The number of aryl methyl sites for hydroxylation is 2. The van der Waals surface area contributed by atoms with Crippen LogP contribution < -0.4 is 10.2 Å². The van der Waals surface area contributed by atoms with Crippen molar-refractivity contribution >= 4 is 23.4 Å².